The van der Waals surface area contributed by atoms with Crippen molar-refractivity contribution in [3.63, 3.8) is 0 Å². The van der Waals surface area contributed by atoms with Crippen LogP contribution in [0.4, 0.5) is 0 Å². The minimum Gasteiger partial charge on any atom is -0.388 e. The third-order valence-corrected chi connectivity index (χ3v) is 3.25. The second-order valence-electron chi connectivity index (χ2n) is 3.34. The highest BCUT2D eigenvalue weighted by Gasteiger charge is 2.13. The Hall–Kier alpha value is -0.410. The molecule has 1 aromatic rings. The summed E-state index contributed by atoms with van der Waals surface area (Å²) in [5, 5.41) is 10.9. The largest absolute Gasteiger partial charge is 0.388 e. The number of aromatic nitrogens is 1. The van der Waals surface area contributed by atoms with Crippen molar-refractivity contribution in [1.82, 2.24) is 4.98 Å². The zero-order valence-electron chi connectivity index (χ0n) is 8.50. The van der Waals surface area contributed by atoms with E-state index < -0.39 is 0 Å². The average molecular weight is 199 g/mol. The number of aliphatic hydroxyl groups is 1. The molecule has 0 amide bonds. The van der Waals surface area contributed by atoms with Gasteiger partial charge in [-0.2, -0.15) is 0 Å². The van der Waals surface area contributed by atoms with E-state index in [1.54, 1.807) is 11.3 Å². The first kappa shape index (κ1) is 10.7. The molecule has 0 fully saturated rings. The fourth-order valence-electron chi connectivity index (χ4n) is 1.38. The van der Waals surface area contributed by atoms with Crippen molar-refractivity contribution in [1.29, 1.82) is 0 Å². The lowest BCUT2D eigenvalue weighted by Gasteiger charge is -2.07. The molecule has 2 nitrogen and oxygen atoms in total. The van der Waals surface area contributed by atoms with E-state index in [2.05, 4.69) is 11.9 Å². The molecule has 0 aromatic carbocycles. The molecular weight excluding hydrogens is 182 g/mol. The minimum atomic E-state index is -0.300. The Morgan fingerprint density at radius 3 is 2.62 bits per heavy atom. The Morgan fingerprint density at radius 2 is 2.15 bits per heavy atom. The number of rotatable bonds is 4. The van der Waals surface area contributed by atoms with E-state index in [9.17, 15) is 5.11 Å². The first-order valence-electron chi connectivity index (χ1n) is 4.77. The SMILES string of the molecule is CCCCC(O)c1sc(C)nc1C. The van der Waals surface area contributed by atoms with E-state index in [1.807, 2.05) is 13.8 Å². The number of nitrogens with zero attached hydrogens (tertiary/aromatic N) is 1. The van der Waals surface area contributed by atoms with Crippen LogP contribution in [-0.4, -0.2) is 10.1 Å². The zero-order valence-corrected chi connectivity index (χ0v) is 9.32. The molecule has 0 aliphatic rings. The van der Waals surface area contributed by atoms with Crippen molar-refractivity contribution in [2.24, 2.45) is 0 Å². The monoisotopic (exact) mass is 199 g/mol. The van der Waals surface area contributed by atoms with Crippen molar-refractivity contribution in [2.45, 2.75) is 46.1 Å². The van der Waals surface area contributed by atoms with Crippen molar-refractivity contribution >= 4 is 11.3 Å². The van der Waals surface area contributed by atoms with Gasteiger partial charge in [-0.3, -0.25) is 0 Å². The molecular formula is C10H17NOS. The van der Waals surface area contributed by atoms with Gasteiger partial charge in [0.1, 0.15) is 0 Å². The topological polar surface area (TPSA) is 33.1 Å². The fourth-order valence-corrected chi connectivity index (χ4v) is 2.33. The number of thiazole rings is 1. The van der Waals surface area contributed by atoms with Gasteiger partial charge in [-0.25, -0.2) is 4.98 Å². The van der Waals surface area contributed by atoms with Crippen LogP contribution in [0, 0.1) is 13.8 Å². The normalized spacial score (nSPS) is 13.2. The number of hydrogen-bond acceptors (Lipinski definition) is 3. The van der Waals surface area contributed by atoms with Gasteiger partial charge in [-0.05, 0) is 20.3 Å². The first-order valence-corrected chi connectivity index (χ1v) is 5.58. The van der Waals surface area contributed by atoms with Gasteiger partial charge in [0.05, 0.1) is 21.7 Å². The van der Waals surface area contributed by atoms with Crippen molar-refractivity contribution < 1.29 is 5.11 Å². The van der Waals surface area contributed by atoms with Crippen LogP contribution in [0.25, 0.3) is 0 Å². The number of unbranched alkanes of at least 4 members (excludes halogenated alkanes) is 1. The molecule has 0 aliphatic carbocycles. The minimum absolute atomic E-state index is 0.300. The highest BCUT2D eigenvalue weighted by atomic mass is 32.1. The van der Waals surface area contributed by atoms with Gasteiger partial charge >= 0.3 is 0 Å². The summed E-state index contributed by atoms with van der Waals surface area (Å²) < 4.78 is 0. The standard InChI is InChI=1S/C10H17NOS/c1-4-5-6-9(12)10-7(2)11-8(3)13-10/h9,12H,4-6H2,1-3H3. The highest BCUT2D eigenvalue weighted by Crippen LogP contribution is 2.27. The van der Waals surface area contributed by atoms with Crippen LogP contribution < -0.4 is 0 Å². The maximum atomic E-state index is 9.82. The summed E-state index contributed by atoms with van der Waals surface area (Å²) in [4.78, 5) is 5.35. The van der Waals surface area contributed by atoms with Crippen LogP contribution in [0.3, 0.4) is 0 Å². The Bertz CT molecular complexity index is 270. The summed E-state index contributed by atoms with van der Waals surface area (Å²) in [6, 6.07) is 0. The lowest BCUT2D eigenvalue weighted by Crippen LogP contribution is -1.96. The van der Waals surface area contributed by atoms with Gasteiger partial charge in [0.15, 0.2) is 0 Å². The van der Waals surface area contributed by atoms with E-state index in [0.717, 1.165) is 34.8 Å². The van der Waals surface area contributed by atoms with E-state index >= 15 is 0 Å². The number of hydrogen-bond donors (Lipinski definition) is 1. The Balaban J connectivity index is 2.64. The third-order valence-electron chi connectivity index (χ3n) is 2.07. The molecule has 0 bridgehead atoms. The molecule has 1 aromatic heterocycles. The second kappa shape index (κ2) is 4.72. The second-order valence-corrected chi connectivity index (χ2v) is 4.58. The number of aryl methyl sites for hydroxylation is 2. The van der Waals surface area contributed by atoms with Gasteiger partial charge in [0.25, 0.3) is 0 Å². The molecule has 74 valence electrons. The molecule has 3 heteroatoms. The highest BCUT2D eigenvalue weighted by molar-refractivity contribution is 7.11. The van der Waals surface area contributed by atoms with E-state index in [-0.39, 0.29) is 6.10 Å². The Kier molecular flexibility index (Phi) is 3.88. The number of aliphatic hydroxyl groups excluding tert-OH is 1. The molecule has 1 N–H and O–H groups in total. The van der Waals surface area contributed by atoms with Crippen molar-refractivity contribution in [2.75, 3.05) is 0 Å². The van der Waals surface area contributed by atoms with Crippen LogP contribution in [0.15, 0.2) is 0 Å². The van der Waals surface area contributed by atoms with E-state index in [4.69, 9.17) is 0 Å². The smallest absolute Gasteiger partial charge is 0.0901 e. The molecule has 1 heterocycles. The summed E-state index contributed by atoms with van der Waals surface area (Å²) in [5.74, 6) is 0. The third kappa shape index (κ3) is 2.78. The lowest BCUT2D eigenvalue weighted by molar-refractivity contribution is 0.167. The van der Waals surface area contributed by atoms with E-state index in [1.165, 1.54) is 0 Å². The van der Waals surface area contributed by atoms with Crippen LogP contribution in [0.5, 0.6) is 0 Å². The maximum absolute atomic E-state index is 9.82. The van der Waals surface area contributed by atoms with Gasteiger partial charge in [-0.15, -0.1) is 11.3 Å². The zero-order chi connectivity index (χ0) is 9.84. The van der Waals surface area contributed by atoms with Gasteiger partial charge in [0.2, 0.25) is 0 Å². The van der Waals surface area contributed by atoms with Crippen LogP contribution >= 0.6 is 11.3 Å². The Labute approximate surface area is 83.6 Å². The summed E-state index contributed by atoms with van der Waals surface area (Å²) >= 11 is 1.61. The molecule has 0 saturated carbocycles. The predicted molar refractivity (Wildman–Crippen MR) is 56.1 cm³/mol. The first-order chi connectivity index (χ1) is 6.15. The average Bonchev–Trinajstić information content (AvgIpc) is 2.41. The molecule has 0 saturated heterocycles. The van der Waals surface area contributed by atoms with Gasteiger partial charge in [0, 0.05) is 0 Å². The summed E-state index contributed by atoms with van der Waals surface area (Å²) in [6.45, 7) is 6.08. The molecule has 0 spiro atoms. The fraction of sp³-hybridized carbons (Fsp3) is 0.700. The Morgan fingerprint density at radius 1 is 1.46 bits per heavy atom. The van der Waals surface area contributed by atoms with Gasteiger partial charge < -0.3 is 5.11 Å². The van der Waals surface area contributed by atoms with Crippen LogP contribution in [-0.2, 0) is 0 Å². The summed E-state index contributed by atoms with van der Waals surface area (Å²) in [5.41, 5.74) is 0.992. The lowest BCUT2D eigenvalue weighted by atomic mass is 10.1. The van der Waals surface area contributed by atoms with Crippen LogP contribution in [0.2, 0.25) is 0 Å². The van der Waals surface area contributed by atoms with Gasteiger partial charge in [-0.1, -0.05) is 19.8 Å². The summed E-state index contributed by atoms with van der Waals surface area (Å²) in [6.07, 6.45) is 2.77. The molecule has 0 aliphatic heterocycles. The van der Waals surface area contributed by atoms with Crippen molar-refractivity contribution in [3.8, 4) is 0 Å². The molecule has 1 rings (SSSR count). The molecule has 13 heavy (non-hydrogen) atoms. The maximum Gasteiger partial charge on any atom is 0.0901 e. The quantitative estimate of drug-likeness (QED) is 0.808. The molecule has 1 unspecified atom stereocenters. The summed E-state index contributed by atoms with van der Waals surface area (Å²) in [7, 11) is 0. The predicted octanol–water partition coefficient (Wildman–Crippen LogP) is 2.98. The van der Waals surface area contributed by atoms with E-state index in [0.29, 0.717) is 0 Å². The van der Waals surface area contributed by atoms with Crippen molar-refractivity contribution in [3.05, 3.63) is 15.6 Å². The van der Waals surface area contributed by atoms with Crippen LogP contribution in [0.1, 0.15) is 47.9 Å². The molecule has 0 radical (unpaired) electrons. The molecule has 1 atom stereocenters.